The Morgan fingerprint density at radius 1 is 1.22 bits per heavy atom. The van der Waals surface area contributed by atoms with E-state index >= 15 is 4.39 Å². The first-order valence-corrected chi connectivity index (χ1v) is 16.9. The highest BCUT2D eigenvalue weighted by atomic mass is 32.1. The van der Waals surface area contributed by atoms with Crippen LogP contribution in [0.2, 0.25) is 0 Å². The molecule has 0 unspecified atom stereocenters. The fourth-order valence-electron chi connectivity index (χ4n) is 7.80. The number of likely N-dealkylation sites (tertiary alicyclic amines) is 1. The molecule has 2 aromatic heterocycles. The van der Waals surface area contributed by atoms with Crippen molar-refractivity contribution >= 4 is 49.1 Å². The molecule has 3 aliphatic heterocycles. The standard InChI is InChI=1S/C35H33F3N8O2S/c1-3-29(47)44-16-26(38)28(17-44)46(4-2)33-23-10-19(13-39)22(21-6-7-25(37)31-30(21)24(14-40)32(41)49-31)11-27(23)42-34(43-33)48-18-35-8-5-9-45(35)15-20(36)12-35/h3,6-7,10-11,20,26,28H,1,4-5,8-9,12,15-18,41H2,2H3/t20-,26-,28+,35+/m1/s1. The third-order valence-corrected chi connectivity index (χ3v) is 11.1. The Hall–Kier alpha value is -4.92. The first-order chi connectivity index (χ1) is 23.6. The number of hydrogen-bond donors (Lipinski definition) is 1. The van der Waals surface area contributed by atoms with Crippen LogP contribution < -0.4 is 15.4 Å². The third-order valence-electron chi connectivity index (χ3n) is 10.1. The lowest BCUT2D eigenvalue weighted by Crippen LogP contribution is -2.44. The van der Waals surface area contributed by atoms with E-state index in [9.17, 15) is 24.1 Å². The maximum atomic E-state index is 15.7. The quantitative estimate of drug-likeness (QED) is 0.239. The summed E-state index contributed by atoms with van der Waals surface area (Å²) in [7, 11) is 0. The van der Waals surface area contributed by atoms with Crippen LogP contribution in [0.1, 0.15) is 37.3 Å². The number of fused-ring (bicyclic) bond motifs is 3. The van der Waals surface area contributed by atoms with Crippen LogP contribution in [0.3, 0.4) is 0 Å². The van der Waals surface area contributed by atoms with Gasteiger partial charge in [-0.15, -0.1) is 11.3 Å². The van der Waals surface area contributed by atoms with Gasteiger partial charge in [0.1, 0.15) is 41.7 Å². The number of carbonyl (C=O) groups is 1. The molecule has 0 radical (unpaired) electrons. The van der Waals surface area contributed by atoms with Crippen molar-refractivity contribution in [2.75, 3.05) is 50.0 Å². The summed E-state index contributed by atoms with van der Waals surface area (Å²) in [5.41, 5.74) is 7.09. The number of benzene rings is 2. The van der Waals surface area contributed by atoms with Gasteiger partial charge < -0.3 is 20.3 Å². The van der Waals surface area contributed by atoms with Gasteiger partial charge in [0, 0.05) is 42.4 Å². The Labute approximate surface area is 284 Å². The van der Waals surface area contributed by atoms with E-state index in [2.05, 4.69) is 23.6 Å². The number of nitrogens with two attached hydrogens (primary N) is 1. The molecule has 0 bridgehead atoms. The van der Waals surface area contributed by atoms with Gasteiger partial charge in [-0.05, 0) is 56.1 Å². The SMILES string of the molecule is C=CC(=O)N1C[C@@H](F)[C@@H](N(CC)c2nc(OC[C@@]34CCCN3C[C@H](F)C4)nc3cc(-c4ccc(F)c5sc(N)c(C#N)c45)c(C#N)cc23)C1. The number of nitriles is 2. The van der Waals surface area contributed by atoms with Crippen LogP contribution in [0.15, 0.2) is 36.9 Å². The fourth-order valence-corrected chi connectivity index (χ4v) is 8.75. The maximum absolute atomic E-state index is 15.7. The minimum absolute atomic E-state index is 0.00526. The minimum atomic E-state index is -1.40. The smallest absolute Gasteiger partial charge is 0.319 e. The number of carbonyl (C=O) groups excluding carboxylic acids is 1. The van der Waals surface area contributed by atoms with Crippen molar-refractivity contribution in [2.24, 2.45) is 0 Å². The lowest BCUT2D eigenvalue weighted by Gasteiger charge is -2.32. The van der Waals surface area contributed by atoms with Crippen LogP contribution in [0.25, 0.3) is 32.1 Å². The number of alkyl halides is 2. The van der Waals surface area contributed by atoms with Crippen molar-refractivity contribution in [1.29, 1.82) is 10.5 Å². The normalized spacial score (nSPS) is 23.5. The largest absolute Gasteiger partial charge is 0.461 e. The topological polar surface area (TPSA) is 135 Å². The zero-order chi connectivity index (χ0) is 34.6. The van der Waals surface area contributed by atoms with Crippen molar-refractivity contribution in [2.45, 2.75) is 50.1 Å². The molecular formula is C35H33F3N8O2S. The van der Waals surface area contributed by atoms with Crippen LogP contribution in [-0.2, 0) is 4.79 Å². The van der Waals surface area contributed by atoms with Crippen LogP contribution >= 0.6 is 11.3 Å². The molecule has 1 amide bonds. The molecule has 3 saturated heterocycles. The number of nitrogens with zero attached hydrogens (tertiary/aromatic N) is 7. The molecule has 0 aliphatic carbocycles. The van der Waals surface area contributed by atoms with Gasteiger partial charge in [-0.2, -0.15) is 20.5 Å². The molecule has 252 valence electrons. The lowest BCUT2D eigenvalue weighted by atomic mass is 9.94. The molecule has 2 N–H and O–H groups in total. The number of amides is 1. The van der Waals surface area contributed by atoms with Gasteiger partial charge in [0.2, 0.25) is 5.91 Å². The zero-order valence-electron chi connectivity index (χ0n) is 26.8. The van der Waals surface area contributed by atoms with E-state index < -0.39 is 29.7 Å². The molecule has 4 aromatic rings. The first kappa shape index (κ1) is 32.6. The molecule has 14 heteroatoms. The molecule has 4 atom stereocenters. The van der Waals surface area contributed by atoms with Gasteiger partial charge >= 0.3 is 6.01 Å². The molecule has 0 saturated carbocycles. The maximum Gasteiger partial charge on any atom is 0.319 e. The molecule has 5 heterocycles. The molecule has 3 fully saturated rings. The van der Waals surface area contributed by atoms with Gasteiger partial charge in [0.15, 0.2) is 0 Å². The van der Waals surface area contributed by atoms with E-state index in [4.69, 9.17) is 20.4 Å². The van der Waals surface area contributed by atoms with Crippen molar-refractivity contribution in [3.63, 3.8) is 0 Å². The molecule has 7 rings (SSSR count). The highest BCUT2D eigenvalue weighted by molar-refractivity contribution is 7.23. The summed E-state index contributed by atoms with van der Waals surface area (Å²) < 4.78 is 51.6. The minimum Gasteiger partial charge on any atom is -0.461 e. The highest BCUT2D eigenvalue weighted by Gasteiger charge is 2.49. The number of nitrogen functional groups attached to an aromatic ring is 1. The van der Waals surface area contributed by atoms with Crippen molar-refractivity contribution in [3.8, 4) is 29.3 Å². The van der Waals surface area contributed by atoms with Gasteiger partial charge in [-0.25, -0.2) is 13.2 Å². The van der Waals surface area contributed by atoms with Crippen molar-refractivity contribution in [1.82, 2.24) is 19.8 Å². The average Bonchev–Trinajstić information content (AvgIpc) is 3.84. The Kier molecular flexibility index (Phi) is 8.33. The highest BCUT2D eigenvalue weighted by Crippen LogP contribution is 2.44. The van der Waals surface area contributed by atoms with E-state index in [-0.39, 0.29) is 52.4 Å². The van der Waals surface area contributed by atoms with E-state index in [1.54, 1.807) is 17.0 Å². The molecule has 2 aromatic carbocycles. The predicted octanol–water partition coefficient (Wildman–Crippen LogP) is 5.49. The van der Waals surface area contributed by atoms with Crippen LogP contribution in [0, 0.1) is 28.5 Å². The van der Waals surface area contributed by atoms with Crippen molar-refractivity contribution < 1.29 is 22.7 Å². The molecular weight excluding hydrogens is 653 g/mol. The Morgan fingerprint density at radius 3 is 2.78 bits per heavy atom. The second-order valence-corrected chi connectivity index (χ2v) is 13.8. The van der Waals surface area contributed by atoms with Crippen LogP contribution in [-0.4, -0.2) is 88.9 Å². The monoisotopic (exact) mass is 686 g/mol. The van der Waals surface area contributed by atoms with E-state index in [0.29, 0.717) is 52.7 Å². The summed E-state index contributed by atoms with van der Waals surface area (Å²) in [4.78, 5) is 27.2. The summed E-state index contributed by atoms with van der Waals surface area (Å²) in [6.07, 6.45) is 0.831. The van der Waals surface area contributed by atoms with Gasteiger partial charge in [0.25, 0.3) is 0 Å². The number of anilines is 2. The molecule has 10 nitrogen and oxygen atoms in total. The number of hydrogen-bond acceptors (Lipinski definition) is 10. The Balaban J connectivity index is 1.39. The van der Waals surface area contributed by atoms with E-state index in [0.717, 1.165) is 36.8 Å². The molecule has 3 aliphatic rings. The third kappa shape index (κ3) is 5.40. The van der Waals surface area contributed by atoms with Gasteiger partial charge in [-0.3, -0.25) is 9.69 Å². The second-order valence-electron chi connectivity index (χ2n) is 12.8. The summed E-state index contributed by atoms with van der Waals surface area (Å²) in [5, 5.41) is 21.2. The van der Waals surface area contributed by atoms with Crippen molar-refractivity contribution in [3.05, 3.63) is 53.9 Å². The predicted molar refractivity (Wildman–Crippen MR) is 181 cm³/mol. The number of halogens is 3. The van der Waals surface area contributed by atoms with Crippen LogP contribution in [0.4, 0.5) is 24.0 Å². The van der Waals surface area contributed by atoms with Crippen LogP contribution in [0.5, 0.6) is 6.01 Å². The second kappa shape index (κ2) is 12.5. The van der Waals surface area contributed by atoms with E-state index in [1.807, 2.05) is 6.92 Å². The molecule has 0 spiro atoms. The zero-order valence-corrected chi connectivity index (χ0v) is 27.6. The summed E-state index contributed by atoms with van der Waals surface area (Å²) in [6, 6.07) is 9.54. The first-order valence-electron chi connectivity index (χ1n) is 16.1. The summed E-state index contributed by atoms with van der Waals surface area (Å²) in [6.45, 7) is 6.93. The number of likely N-dealkylation sites (N-methyl/N-ethyl adjacent to an activating group) is 1. The van der Waals surface area contributed by atoms with Gasteiger partial charge in [-0.1, -0.05) is 12.6 Å². The number of rotatable bonds is 8. The summed E-state index contributed by atoms with van der Waals surface area (Å²) in [5.74, 6) is -0.615. The fraction of sp³-hybridized carbons (Fsp3) is 0.400. The summed E-state index contributed by atoms with van der Waals surface area (Å²) >= 11 is 0.956. The number of aromatic nitrogens is 2. The van der Waals surface area contributed by atoms with E-state index in [1.165, 1.54) is 17.0 Å². The molecule has 49 heavy (non-hydrogen) atoms. The number of thiophene rings is 1. The number of ether oxygens (including phenoxy) is 1. The Morgan fingerprint density at radius 2 is 2.04 bits per heavy atom. The average molecular weight is 687 g/mol. The lowest BCUT2D eigenvalue weighted by molar-refractivity contribution is -0.125. The Bertz CT molecular complexity index is 2090. The van der Waals surface area contributed by atoms with Gasteiger partial charge in [0.05, 0.1) is 45.5 Å².